The molecule has 0 radical (unpaired) electrons. The fourth-order valence-corrected chi connectivity index (χ4v) is 7.38. The number of benzene rings is 2. The number of nitrogens with one attached hydrogen (secondary N) is 1. The highest BCUT2D eigenvalue weighted by molar-refractivity contribution is 5.92. The quantitative estimate of drug-likeness (QED) is 0.457. The van der Waals surface area contributed by atoms with E-state index in [0.29, 0.717) is 17.7 Å². The zero-order chi connectivity index (χ0) is 23.8. The number of methoxy groups -OCH3 is 1. The minimum Gasteiger partial charge on any atom is -0.497 e. The molecule has 2 aromatic carbocycles. The minimum atomic E-state index is -0.0468. The Bertz CT molecular complexity index is 1170. The van der Waals surface area contributed by atoms with Gasteiger partial charge in [0.1, 0.15) is 5.75 Å². The Balaban J connectivity index is 1.30. The number of hydrogen-bond acceptors (Lipinski definition) is 4. The topological polar surface area (TPSA) is 64.1 Å². The second-order valence-corrected chi connectivity index (χ2v) is 11.1. The van der Waals surface area contributed by atoms with E-state index in [4.69, 9.17) is 14.7 Å². The van der Waals surface area contributed by atoms with Gasteiger partial charge in [0.05, 0.1) is 31.1 Å². The Morgan fingerprint density at radius 2 is 1.63 bits per heavy atom. The zero-order valence-electron chi connectivity index (χ0n) is 20.4. The van der Waals surface area contributed by atoms with Crippen LogP contribution in [0.1, 0.15) is 49.8 Å². The molecule has 0 saturated heterocycles. The Labute approximate surface area is 207 Å². The van der Waals surface area contributed by atoms with E-state index in [9.17, 15) is 4.79 Å². The fraction of sp³-hybridized carbons (Fsp3) is 0.433. The standard InChI is InChI=1S/C30H33N3O2/c1-35-25-9-7-24(8-10-25)27-19-31-29(33-28(34)14-20-5-3-2-4-6-20)26(32-27)18-30-15-21-11-22(16-30)13-23(12-21)17-30/h2-10,19,21-23H,11-18H2,1H3,(H,31,33,34). The van der Waals surface area contributed by atoms with E-state index in [2.05, 4.69) is 5.32 Å². The Kier molecular flexibility index (Phi) is 5.79. The van der Waals surface area contributed by atoms with Crippen LogP contribution >= 0.6 is 0 Å². The predicted octanol–water partition coefficient (Wildman–Crippen LogP) is 6.09. The van der Waals surface area contributed by atoms with Crippen LogP contribution in [0.4, 0.5) is 5.82 Å². The molecule has 0 unspecified atom stereocenters. The van der Waals surface area contributed by atoms with Crippen molar-refractivity contribution in [1.29, 1.82) is 0 Å². The van der Waals surface area contributed by atoms with E-state index in [1.165, 1.54) is 38.5 Å². The molecule has 4 bridgehead atoms. The molecule has 4 aliphatic rings. The molecule has 4 fully saturated rings. The van der Waals surface area contributed by atoms with E-state index in [-0.39, 0.29) is 5.91 Å². The van der Waals surface area contributed by atoms with Gasteiger partial charge >= 0.3 is 0 Å². The monoisotopic (exact) mass is 467 g/mol. The average molecular weight is 468 g/mol. The molecule has 4 saturated carbocycles. The molecule has 0 aliphatic heterocycles. The summed E-state index contributed by atoms with van der Waals surface area (Å²) in [5, 5.41) is 3.11. The molecule has 1 heterocycles. The molecular formula is C30H33N3O2. The SMILES string of the molecule is COc1ccc(-c2cnc(NC(=O)Cc3ccccc3)c(CC34CC5CC(CC(C5)C3)C4)n2)cc1. The van der Waals surface area contributed by atoms with Gasteiger partial charge in [0.2, 0.25) is 5.91 Å². The number of anilines is 1. The van der Waals surface area contributed by atoms with Crippen LogP contribution in [0.15, 0.2) is 60.8 Å². The van der Waals surface area contributed by atoms with E-state index in [0.717, 1.165) is 52.4 Å². The number of carbonyl (C=O) groups excluding carboxylic acids is 1. The molecular weight excluding hydrogens is 434 g/mol. The Hall–Kier alpha value is -3.21. The number of nitrogens with zero attached hydrogens (tertiary/aromatic N) is 2. The summed E-state index contributed by atoms with van der Waals surface area (Å²) < 4.78 is 5.32. The average Bonchev–Trinajstić information content (AvgIpc) is 2.85. The Morgan fingerprint density at radius 1 is 0.971 bits per heavy atom. The summed E-state index contributed by atoms with van der Waals surface area (Å²) in [5.41, 5.74) is 4.08. The lowest BCUT2D eigenvalue weighted by molar-refractivity contribution is -0.115. The molecule has 5 heteroatoms. The fourth-order valence-electron chi connectivity index (χ4n) is 7.38. The maximum atomic E-state index is 12.9. The molecule has 1 N–H and O–H groups in total. The first-order valence-corrected chi connectivity index (χ1v) is 12.9. The van der Waals surface area contributed by atoms with E-state index in [1.54, 1.807) is 13.3 Å². The Morgan fingerprint density at radius 3 is 2.26 bits per heavy atom. The molecule has 35 heavy (non-hydrogen) atoms. The molecule has 180 valence electrons. The highest BCUT2D eigenvalue weighted by atomic mass is 16.5. The van der Waals surface area contributed by atoms with Gasteiger partial charge in [-0.3, -0.25) is 4.79 Å². The molecule has 3 aromatic rings. The van der Waals surface area contributed by atoms with Crippen LogP contribution < -0.4 is 10.1 Å². The van der Waals surface area contributed by atoms with Crippen LogP contribution in [0, 0.1) is 23.2 Å². The largest absolute Gasteiger partial charge is 0.497 e. The zero-order valence-corrected chi connectivity index (χ0v) is 20.4. The molecule has 4 aliphatic carbocycles. The lowest BCUT2D eigenvalue weighted by Gasteiger charge is -2.57. The first-order valence-electron chi connectivity index (χ1n) is 12.9. The first-order chi connectivity index (χ1) is 17.1. The van der Waals surface area contributed by atoms with Gasteiger partial charge in [-0.2, -0.15) is 0 Å². The van der Waals surface area contributed by atoms with Gasteiger partial charge in [0.15, 0.2) is 5.82 Å². The molecule has 1 aromatic heterocycles. The van der Waals surface area contributed by atoms with E-state index < -0.39 is 0 Å². The maximum absolute atomic E-state index is 12.9. The van der Waals surface area contributed by atoms with Crippen molar-refractivity contribution in [3.63, 3.8) is 0 Å². The molecule has 0 spiro atoms. The van der Waals surface area contributed by atoms with Crippen LogP contribution in [-0.2, 0) is 17.6 Å². The van der Waals surface area contributed by atoms with Gasteiger partial charge in [0, 0.05) is 5.56 Å². The molecule has 7 rings (SSSR count). The van der Waals surface area contributed by atoms with Crippen LogP contribution in [0.3, 0.4) is 0 Å². The molecule has 1 amide bonds. The first kappa shape index (κ1) is 22.3. The van der Waals surface area contributed by atoms with Crippen LogP contribution in [0.5, 0.6) is 5.75 Å². The van der Waals surface area contributed by atoms with Crippen molar-refractivity contribution in [2.75, 3.05) is 12.4 Å². The number of rotatable bonds is 7. The maximum Gasteiger partial charge on any atom is 0.229 e. The van der Waals surface area contributed by atoms with E-state index >= 15 is 0 Å². The van der Waals surface area contributed by atoms with Gasteiger partial charge in [-0.05, 0) is 97.9 Å². The van der Waals surface area contributed by atoms with Crippen molar-refractivity contribution in [3.8, 4) is 17.0 Å². The van der Waals surface area contributed by atoms with Crippen LogP contribution in [-0.4, -0.2) is 23.0 Å². The highest BCUT2D eigenvalue weighted by Gasteiger charge is 2.51. The summed E-state index contributed by atoms with van der Waals surface area (Å²) in [6.07, 6.45) is 11.1. The van der Waals surface area contributed by atoms with E-state index in [1.807, 2.05) is 54.6 Å². The minimum absolute atomic E-state index is 0.0468. The van der Waals surface area contributed by atoms with Gasteiger partial charge in [-0.25, -0.2) is 9.97 Å². The van der Waals surface area contributed by atoms with Gasteiger partial charge in [0.25, 0.3) is 0 Å². The smallest absolute Gasteiger partial charge is 0.229 e. The summed E-state index contributed by atoms with van der Waals surface area (Å²) in [7, 11) is 1.67. The number of carbonyl (C=O) groups is 1. The lowest BCUT2D eigenvalue weighted by Crippen LogP contribution is -2.47. The van der Waals surface area contributed by atoms with Gasteiger partial charge < -0.3 is 10.1 Å². The third-order valence-corrected chi connectivity index (χ3v) is 8.40. The van der Waals surface area contributed by atoms with Crippen LogP contribution in [0.2, 0.25) is 0 Å². The highest BCUT2D eigenvalue weighted by Crippen LogP contribution is 2.61. The second kappa shape index (κ2) is 9.10. The lowest BCUT2D eigenvalue weighted by atomic mass is 9.48. The third kappa shape index (κ3) is 4.69. The van der Waals surface area contributed by atoms with Gasteiger partial charge in [-0.15, -0.1) is 0 Å². The van der Waals surface area contributed by atoms with Crippen LogP contribution in [0.25, 0.3) is 11.3 Å². The predicted molar refractivity (Wildman–Crippen MR) is 137 cm³/mol. The molecule has 0 atom stereocenters. The number of aromatic nitrogens is 2. The molecule has 5 nitrogen and oxygen atoms in total. The summed E-state index contributed by atoms with van der Waals surface area (Å²) in [6, 6.07) is 17.8. The van der Waals surface area contributed by atoms with Gasteiger partial charge in [-0.1, -0.05) is 30.3 Å². The van der Waals surface area contributed by atoms with Crippen molar-refractivity contribution >= 4 is 11.7 Å². The number of amides is 1. The summed E-state index contributed by atoms with van der Waals surface area (Å²) in [4.78, 5) is 22.8. The van der Waals surface area contributed by atoms with Crippen molar-refractivity contribution in [3.05, 3.63) is 72.1 Å². The third-order valence-electron chi connectivity index (χ3n) is 8.40. The van der Waals surface area contributed by atoms with Crippen molar-refractivity contribution in [2.45, 2.75) is 51.4 Å². The van der Waals surface area contributed by atoms with Crippen molar-refractivity contribution in [1.82, 2.24) is 9.97 Å². The summed E-state index contributed by atoms with van der Waals surface area (Å²) >= 11 is 0. The van der Waals surface area contributed by atoms with Crippen molar-refractivity contribution in [2.24, 2.45) is 23.2 Å². The summed E-state index contributed by atoms with van der Waals surface area (Å²) in [6.45, 7) is 0. The van der Waals surface area contributed by atoms with Crippen molar-refractivity contribution < 1.29 is 9.53 Å². The summed E-state index contributed by atoms with van der Waals surface area (Å²) in [5.74, 6) is 4.01. The normalized spacial score (nSPS) is 26.5. The second-order valence-electron chi connectivity index (χ2n) is 11.1. The number of ether oxygens (including phenoxy) is 1. The number of hydrogen-bond donors (Lipinski definition) is 1.